The Labute approximate surface area is 131 Å². The van der Waals surface area contributed by atoms with Crippen molar-refractivity contribution in [1.29, 1.82) is 0 Å². The van der Waals surface area contributed by atoms with Gasteiger partial charge in [0.1, 0.15) is 5.75 Å². The van der Waals surface area contributed by atoms with Crippen molar-refractivity contribution in [3.63, 3.8) is 0 Å². The first kappa shape index (κ1) is 15.9. The second-order valence-corrected chi connectivity index (χ2v) is 5.47. The SMILES string of the molecule is COc1ccccc1C(C)CC(=O)Nc1cc(N)ccc1C. The van der Waals surface area contributed by atoms with Gasteiger partial charge in [0.05, 0.1) is 7.11 Å². The van der Waals surface area contributed by atoms with Crippen LogP contribution in [-0.4, -0.2) is 13.0 Å². The van der Waals surface area contributed by atoms with Gasteiger partial charge in [-0.25, -0.2) is 0 Å². The van der Waals surface area contributed by atoms with Gasteiger partial charge in [0.2, 0.25) is 5.91 Å². The standard InChI is InChI=1S/C18H22N2O2/c1-12-8-9-14(19)11-16(12)20-18(21)10-13(2)15-6-4-5-7-17(15)22-3/h4-9,11,13H,10,19H2,1-3H3,(H,20,21). The number of rotatable bonds is 5. The van der Waals surface area contributed by atoms with Gasteiger partial charge >= 0.3 is 0 Å². The number of anilines is 2. The molecule has 3 N–H and O–H groups in total. The lowest BCUT2D eigenvalue weighted by Gasteiger charge is -2.16. The monoisotopic (exact) mass is 298 g/mol. The molecule has 2 rings (SSSR count). The summed E-state index contributed by atoms with van der Waals surface area (Å²) in [6.45, 7) is 3.96. The van der Waals surface area contributed by atoms with Crippen molar-refractivity contribution < 1.29 is 9.53 Å². The molecular formula is C18H22N2O2. The van der Waals surface area contributed by atoms with E-state index in [2.05, 4.69) is 5.32 Å². The van der Waals surface area contributed by atoms with E-state index in [0.717, 1.165) is 22.6 Å². The molecule has 1 unspecified atom stereocenters. The highest BCUT2D eigenvalue weighted by Gasteiger charge is 2.15. The molecule has 0 spiro atoms. The number of para-hydroxylation sites is 1. The second-order valence-electron chi connectivity index (χ2n) is 5.47. The third-order valence-corrected chi connectivity index (χ3v) is 3.70. The van der Waals surface area contributed by atoms with Gasteiger partial charge in [-0.15, -0.1) is 0 Å². The van der Waals surface area contributed by atoms with Crippen LogP contribution >= 0.6 is 0 Å². The molecule has 0 bridgehead atoms. The lowest BCUT2D eigenvalue weighted by molar-refractivity contribution is -0.116. The number of methoxy groups -OCH3 is 1. The van der Waals surface area contributed by atoms with Gasteiger partial charge in [-0.2, -0.15) is 0 Å². The summed E-state index contributed by atoms with van der Waals surface area (Å²) < 4.78 is 5.35. The summed E-state index contributed by atoms with van der Waals surface area (Å²) in [5.41, 5.74) is 9.19. The van der Waals surface area contributed by atoms with Gasteiger partial charge in [-0.3, -0.25) is 4.79 Å². The molecule has 116 valence electrons. The minimum Gasteiger partial charge on any atom is -0.496 e. The average molecular weight is 298 g/mol. The van der Waals surface area contributed by atoms with Crippen molar-refractivity contribution >= 4 is 17.3 Å². The van der Waals surface area contributed by atoms with Gasteiger partial charge in [0.25, 0.3) is 0 Å². The van der Waals surface area contributed by atoms with Crippen LogP contribution in [0.3, 0.4) is 0 Å². The Kier molecular flexibility index (Phi) is 5.04. The second kappa shape index (κ2) is 6.98. The highest BCUT2D eigenvalue weighted by Crippen LogP contribution is 2.29. The fourth-order valence-electron chi connectivity index (χ4n) is 2.44. The predicted octanol–water partition coefficient (Wildman–Crippen LogP) is 3.72. The van der Waals surface area contributed by atoms with Crippen LogP contribution in [0.25, 0.3) is 0 Å². The van der Waals surface area contributed by atoms with Gasteiger partial charge in [-0.1, -0.05) is 31.2 Å². The molecule has 0 aliphatic heterocycles. The quantitative estimate of drug-likeness (QED) is 0.827. The largest absolute Gasteiger partial charge is 0.496 e. The fourth-order valence-corrected chi connectivity index (χ4v) is 2.44. The molecule has 0 fully saturated rings. The van der Waals surface area contributed by atoms with Crippen LogP contribution in [0.4, 0.5) is 11.4 Å². The zero-order valence-corrected chi connectivity index (χ0v) is 13.2. The van der Waals surface area contributed by atoms with Crippen molar-refractivity contribution in [2.24, 2.45) is 0 Å². The molecule has 1 atom stereocenters. The maximum absolute atomic E-state index is 12.3. The molecule has 2 aromatic carbocycles. The van der Waals surface area contributed by atoms with Gasteiger partial charge in [0, 0.05) is 17.8 Å². The van der Waals surface area contributed by atoms with Crippen molar-refractivity contribution in [1.82, 2.24) is 0 Å². The third-order valence-electron chi connectivity index (χ3n) is 3.70. The van der Waals surface area contributed by atoms with Crippen LogP contribution < -0.4 is 15.8 Å². The van der Waals surface area contributed by atoms with E-state index in [1.54, 1.807) is 13.2 Å². The maximum Gasteiger partial charge on any atom is 0.224 e. The minimum atomic E-state index is -0.0351. The van der Waals surface area contributed by atoms with Gasteiger partial charge in [-0.05, 0) is 42.2 Å². The number of carbonyl (C=O) groups is 1. The molecule has 4 nitrogen and oxygen atoms in total. The number of aryl methyl sites for hydroxylation is 1. The molecule has 0 heterocycles. The Hall–Kier alpha value is -2.49. The van der Waals surface area contributed by atoms with E-state index < -0.39 is 0 Å². The number of nitrogens with one attached hydrogen (secondary N) is 1. The topological polar surface area (TPSA) is 64.3 Å². The zero-order valence-electron chi connectivity index (χ0n) is 13.2. The van der Waals surface area contributed by atoms with Crippen molar-refractivity contribution in [2.75, 3.05) is 18.2 Å². The highest BCUT2D eigenvalue weighted by atomic mass is 16.5. The van der Waals surface area contributed by atoms with E-state index in [1.165, 1.54) is 0 Å². The summed E-state index contributed by atoms with van der Waals surface area (Å²) in [5.74, 6) is 0.840. The fraction of sp³-hybridized carbons (Fsp3) is 0.278. The Morgan fingerprint density at radius 2 is 2.00 bits per heavy atom. The Morgan fingerprint density at radius 3 is 2.73 bits per heavy atom. The number of amides is 1. The summed E-state index contributed by atoms with van der Waals surface area (Å²) in [4.78, 5) is 12.3. The number of nitrogen functional groups attached to an aromatic ring is 1. The van der Waals surface area contributed by atoms with Gasteiger partial charge < -0.3 is 15.8 Å². The minimum absolute atomic E-state index is 0.0351. The molecule has 0 radical (unpaired) electrons. The van der Waals surface area contributed by atoms with E-state index >= 15 is 0 Å². The van der Waals surface area contributed by atoms with E-state index in [1.807, 2.05) is 50.2 Å². The van der Waals surface area contributed by atoms with Crippen LogP contribution in [0, 0.1) is 6.92 Å². The Morgan fingerprint density at radius 1 is 1.27 bits per heavy atom. The number of benzene rings is 2. The molecule has 0 aliphatic carbocycles. The molecule has 0 saturated heterocycles. The first-order valence-electron chi connectivity index (χ1n) is 7.30. The molecule has 1 amide bonds. The van der Waals surface area contributed by atoms with Crippen LogP contribution in [0.15, 0.2) is 42.5 Å². The third kappa shape index (κ3) is 3.79. The smallest absolute Gasteiger partial charge is 0.224 e. The number of ether oxygens (including phenoxy) is 1. The normalized spacial score (nSPS) is 11.8. The number of carbonyl (C=O) groups excluding carboxylic acids is 1. The molecule has 22 heavy (non-hydrogen) atoms. The summed E-state index contributed by atoms with van der Waals surface area (Å²) >= 11 is 0. The van der Waals surface area contributed by atoms with E-state index in [9.17, 15) is 4.79 Å². The van der Waals surface area contributed by atoms with Crippen LogP contribution in [0.1, 0.15) is 30.4 Å². The Balaban J connectivity index is 2.07. The van der Waals surface area contributed by atoms with Crippen LogP contribution in [0.2, 0.25) is 0 Å². The highest BCUT2D eigenvalue weighted by molar-refractivity contribution is 5.92. The van der Waals surface area contributed by atoms with Crippen molar-refractivity contribution in [2.45, 2.75) is 26.2 Å². The summed E-state index contributed by atoms with van der Waals surface area (Å²) in [6, 6.07) is 13.3. The van der Waals surface area contributed by atoms with E-state index in [4.69, 9.17) is 10.5 Å². The van der Waals surface area contributed by atoms with E-state index in [0.29, 0.717) is 12.1 Å². The average Bonchev–Trinajstić information content (AvgIpc) is 2.50. The lowest BCUT2D eigenvalue weighted by atomic mass is 9.96. The molecule has 0 saturated carbocycles. The van der Waals surface area contributed by atoms with Crippen molar-refractivity contribution in [3.05, 3.63) is 53.6 Å². The molecule has 4 heteroatoms. The first-order valence-corrected chi connectivity index (χ1v) is 7.30. The molecule has 0 aromatic heterocycles. The summed E-state index contributed by atoms with van der Waals surface area (Å²) in [7, 11) is 1.64. The number of hydrogen-bond acceptors (Lipinski definition) is 3. The van der Waals surface area contributed by atoms with Crippen molar-refractivity contribution in [3.8, 4) is 5.75 Å². The van der Waals surface area contributed by atoms with Gasteiger partial charge in [0.15, 0.2) is 0 Å². The zero-order chi connectivity index (χ0) is 16.1. The van der Waals surface area contributed by atoms with Crippen LogP contribution in [0.5, 0.6) is 5.75 Å². The predicted molar refractivity (Wildman–Crippen MR) is 90.2 cm³/mol. The lowest BCUT2D eigenvalue weighted by Crippen LogP contribution is -2.15. The molecule has 2 aromatic rings. The molecule has 0 aliphatic rings. The first-order chi connectivity index (χ1) is 10.5. The summed E-state index contributed by atoms with van der Waals surface area (Å²) in [6.07, 6.45) is 0.384. The maximum atomic E-state index is 12.3. The summed E-state index contributed by atoms with van der Waals surface area (Å²) in [5, 5.41) is 2.93. The molecular weight excluding hydrogens is 276 g/mol. The number of nitrogens with two attached hydrogens (primary N) is 1. The van der Waals surface area contributed by atoms with Crippen LogP contribution in [-0.2, 0) is 4.79 Å². The Bertz CT molecular complexity index is 668. The van der Waals surface area contributed by atoms with E-state index in [-0.39, 0.29) is 11.8 Å². The number of hydrogen-bond donors (Lipinski definition) is 2.